The van der Waals surface area contributed by atoms with Crippen molar-refractivity contribution in [3.63, 3.8) is 0 Å². The van der Waals surface area contributed by atoms with Crippen molar-refractivity contribution in [2.45, 2.75) is 0 Å². The van der Waals surface area contributed by atoms with Crippen molar-refractivity contribution in [2.75, 3.05) is 57.3 Å². The molecule has 0 amide bonds. The fourth-order valence-electron chi connectivity index (χ4n) is 3.61. The molecule has 0 unspecified atom stereocenters. The van der Waals surface area contributed by atoms with Gasteiger partial charge in [0.05, 0.1) is 40.9 Å². The van der Waals surface area contributed by atoms with E-state index in [0.717, 1.165) is 24.2 Å². The standard InChI is InChI=1S/C23H28N8O2S/c1-29(2)6-7-30(3)19-10-20(33-5)17(9-16(19)24)27-23-25-11-14-8-15(18-12-34-13-26-18)22(32)31(4)21(14)28-23/h8-13H,6-7,24H2,1-5H3,(H,25,27,28). The number of aryl methyl sites for hydroxylation is 1. The number of nitrogens with one attached hydrogen (secondary N) is 1. The Morgan fingerprint density at radius 2 is 1.97 bits per heavy atom. The number of nitrogen functional groups attached to an aromatic ring is 1. The topological polar surface area (TPSA) is 114 Å². The van der Waals surface area contributed by atoms with Gasteiger partial charge in [0.2, 0.25) is 5.95 Å². The van der Waals surface area contributed by atoms with Crippen LogP contribution in [0.4, 0.5) is 23.0 Å². The number of aromatic nitrogens is 4. The van der Waals surface area contributed by atoms with Gasteiger partial charge in [-0.2, -0.15) is 4.98 Å². The fourth-order valence-corrected chi connectivity index (χ4v) is 4.16. The number of pyridine rings is 1. The molecule has 1 aromatic carbocycles. The molecule has 0 spiro atoms. The monoisotopic (exact) mass is 480 g/mol. The number of methoxy groups -OCH3 is 1. The molecule has 0 saturated carbocycles. The van der Waals surface area contributed by atoms with Crippen LogP contribution in [0.5, 0.6) is 5.75 Å². The number of likely N-dealkylation sites (N-methyl/N-ethyl adjacent to an activating group) is 2. The Bertz CT molecular complexity index is 1370. The molecule has 0 aliphatic heterocycles. The molecule has 4 rings (SSSR count). The average molecular weight is 481 g/mol. The molecule has 0 fully saturated rings. The lowest BCUT2D eigenvalue weighted by atomic mass is 10.2. The number of hydrogen-bond donors (Lipinski definition) is 2. The first-order valence-electron chi connectivity index (χ1n) is 10.6. The van der Waals surface area contributed by atoms with Crippen LogP contribution < -0.4 is 26.2 Å². The normalized spacial score (nSPS) is 11.2. The van der Waals surface area contributed by atoms with Crippen LogP contribution in [-0.4, -0.2) is 65.8 Å². The van der Waals surface area contributed by atoms with E-state index >= 15 is 0 Å². The van der Waals surface area contributed by atoms with E-state index in [1.54, 1.807) is 38.0 Å². The maximum absolute atomic E-state index is 12.9. The van der Waals surface area contributed by atoms with Crippen LogP contribution in [-0.2, 0) is 7.05 Å². The number of hydrogen-bond acceptors (Lipinski definition) is 10. The zero-order chi connectivity index (χ0) is 24.4. The third kappa shape index (κ3) is 4.66. The highest BCUT2D eigenvalue weighted by Gasteiger charge is 2.15. The molecule has 0 radical (unpaired) electrons. The highest BCUT2D eigenvalue weighted by molar-refractivity contribution is 7.07. The third-order valence-corrected chi connectivity index (χ3v) is 6.13. The minimum atomic E-state index is -0.171. The number of nitrogens with zero attached hydrogens (tertiary/aromatic N) is 6. The zero-order valence-corrected chi connectivity index (χ0v) is 20.7. The van der Waals surface area contributed by atoms with E-state index in [-0.39, 0.29) is 5.56 Å². The van der Waals surface area contributed by atoms with Crippen molar-refractivity contribution in [3.05, 3.63) is 45.6 Å². The van der Waals surface area contributed by atoms with Gasteiger partial charge in [-0.25, -0.2) is 9.97 Å². The number of rotatable bonds is 8. The van der Waals surface area contributed by atoms with Gasteiger partial charge in [0.15, 0.2) is 0 Å². The molecular weight excluding hydrogens is 452 g/mol. The first-order valence-corrected chi connectivity index (χ1v) is 11.6. The largest absolute Gasteiger partial charge is 0.494 e. The van der Waals surface area contributed by atoms with Gasteiger partial charge in [-0.05, 0) is 26.2 Å². The molecule has 3 N–H and O–H groups in total. The van der Waals surface area contributed by atoms with E-state index in [9.17, 15) is 4.79 Å². The lowest BCUT2D eigenvalue weighted by Gasteiger charge is -2.24. The summed E-state index contributed by atoms with van der Waals surface area (Å²) in [5, 5.41) is 5.76. The highest BCUT2D eigenvalue weighted by atomic mass is 32.1. The fraction of sp³-hybridized carbons (Fsp3) is 0.304. The second kappa shape index (κ2) is 9.65. The second-order valence-electron chi connectivity index (χ2n) is 8.23. The summed E-state index contributed by atoms with van der Waals surface area (Å²) in [6, 6.07) is 5.47. The Labute approximate surface area is 201 Å². The molecule has 0 saturated heterocycles. The van der Waals surface area contributed by atoms with Crippen LogP contribution in [0, 0.1) is 0 Å². The quantitative estimate of drug-likeness (QED) is 0.367. The lowest BCUT2D eigenvalue weighted by molar-refractivity contribution is 0.413. The van der Waals surface area contributed by atoms with E-state index in [4.69, 9.17) is 10.5 Å². The van der Waals surface area contributed by atoms with Gasteiger partial charge in [0.1, 0.15) is 11.4 Å². The van der Waals surface area contributed by atoms with Crippen molar-refractivity contribution >= 4 is 45.4 Å². The van der Waals surface area contributed by atoms with Gasteiger partial charge in [-0.15, -0.1) is 11.3 Å². The molecule has 3 heterocycles. The van der Waals surface area contributed by atoms with Crippen LogP contribution in [0.15, 0.2) is 40.1 Å². The molecule has 10 nitrogen and oxygen atoms in total. The molecule has 0 aliphatic carbocycles. The molecule has 3 aromatic heterocycles. The summed E-state index contributed by atoms with van der Waals surface area (Å²) in [5.74, 6) is 0.938. The smallest absolute Gasteiger partial charge is 0.261 e. The Hall–Kier alpha value is -3.70. The molecule has 4 aromatic rings. The Balaban J connectivity index is 1.67. The van der Waals surface area contributed by atoms with Crippen molar-refractivity contribution in [3.8, 4) is 17.0 Å². The minimum Gasteiger partial charge on any atom is -0.494 e. The average Bonchev–Trinajstić information content (AvgIpc) is 3.35. The summed E-state index contributed by atoms with van der Waals surface area (Å²) in [5.41, 5.74) is 11.7. The SMILES string of the molecule is COc1cc(N(C)CCN(C)C)c(N)cc1Nc1ncc2cc(-c3cscn3)c(=O)n(C)c2n1. The lowest BCUT2D eigenvalue weighted by Crippen LogP contribution is -2.29. The maximum atomic E-state index is 12.9. The van der Waals surface area contributed by atoms with E-state index in [0.29, 0.717) is 40.0 Å². The van der Waals surface area contributed by atoms with Crippen LogP contribution in [0.1, 0.15) is 0 Å². The molecular formula is C23H28N8O2S. The maximum Gasteiger partial charge on any atom is 0.261 e. The number of ether oxygens (including phenoxy) is 1. The molecule has 11 heteroatoms. The number of nitrogens with two attached hydrogens (primary N) is 1. The van der Waals surface area contributed by atoms with Crippen LogP contribution in [0.3, 0.4) is 0 Å². The first-order chi connectivity index (χ1) is 16.3. The van der Waals surface area contributed by atoms with Gasteiger partial charge >= 0.3 is 0 Å². The van der Waals surface area contributed by atoms with E-state index in [2.05, 4.69) is 30.1 Å². The van der Waals surface area contributed by atoms with E-state index < -0.39 is 0 Å². The Kier molecular flexibility index (Phi) is 6.66. The summed E-state index contributed by atoms with van der Waals surface area (Å²) in [6.45, 7) is 1.71. The van der Waals surface area contributed by atoms with Crippen LogP contribution in [0.2, 0.25) is 0 Å². The predicted octanol–water partition coefficient (Wildman–Crippen LogP) is 2.78. The number of thiazole rings is 1. The molecule has 0 atom stereocenters. The summed E-state index contributed by atoms with van der Waals surface area (Å²) in [6.07, 6.45) is 1.68. The van der Waals surface area contributed by atoms with Crippen molar-refractivity contribution < 1.29 is 4.74 Å². The zero-order valence-electron chi connectivity index (χ0n) is 19.9. The van der Waals surface area contributed by atoms with Crippen LogP contribution >= 0.6 is 11.3 Å². The first kappa shape index (κ1) is 23.5. The van der Waals surface area contributed by atoms with Crippen molar-refractivity contribution in [1.82, 2.24) is 24.4 Å². The molecule has 0 bridgehead atoms. The van der Waals surface area contributed by atoms with Gasteiger partial charge in [0.25, 0.3) is 5.56 Å². The summed E-state index contributed by atoms with van der Waals surface area (Å²) >= 11 is 1.44. The number of benzene rings is 1. The number of fused-ring (bicyclic) bond motifs is 1. The van der Waals surface area contributed by atoms with Crippen LogP contribution in [0.25, 0.3) is 22.3 Å². The van der Waals surface area contributed by atoms with Crippen molar-refractivity contribution in [1.29, 1.82) is 0 Å². The van der Waals surface area contributed by atoms with Gasteiger partial charge in [-0.3, -0.25) is 9.36 Å². The summed E-state index contributed by atoms with van der Waals surface area (Å²) in [7, 11) is 9.35. The number of anilines is 4. The van der Waals surface area contributed by atoms with E-state index in [1.165, 1.54) is 15.9 Å². The minimum absolute atomic E-state index is 0.171. The predicted molar refractivity (Wildman–Crippen MR) is 138 cm³/mol. The second-order valence-corrected chi connectivity index (χ2v) is 8.95. The molecule has 34 heavy (non-hydrogen) atoms. The summed E-state index contributed by atoms with van der Waals surface area (Å²) in [4.78, 5) is 30.4. The molecule has 178 valence electrons. The Morgan fingerprint density at radius 3 is 2.65 bits per heavy atom. The van der Waals surface area contributed by atoms with E-state index in [1.807, 2.05) is 32.6 Å². The third-order valence-electron chi connectivity index (χ3n) is 5.55. The van der Waals surface area contributed by atoms with Crippen molar-refractivity contribution in [2.24, 2.45) is 7.05 Å². The summed E-state index contributed by atoms with van der Waals surface area (Å²) < 4.78 is 7.11. The van der Waals surface area contributed by atoms with Gasteiger partial charge in [-0.1, -0.05) is 0 Å². The molecule has 0 aliphatic rings. The van der Waals surface area contributed by atoms with Gasteiger partial charge < -0.3 is 25.6 Å². The van der Waals surface area contributed by atoms with Gasteiger partial charge in [0, 0.05) is 50.2 Å². The Morgan fingerprint density at radius 1 is 1.18 bits per heavy atom. The highest BCUT2D eigenvalue weighted by Crippen LogP contribution is 2.36.